The molecule has 0 aliphatic heterocycles. The summed E-state index contributed by atoms with van der Waals surface area (Å²) in [6, 6.07) is 3.36. The van der Waals surface area contributed by atoms with Gasteiger partial charge in [0.1, 0.15) is 14.3 Å². The van der Waals surface area contributed by atoms with Crippen molar-refractivity contribution in [3.05, 3.63) is 56.0 Å². The fourth-order valence-corrected chi connectivity index (χ4v) is 1.97. The molecule has 0 spiro atoms. The summed E-state index contributed by atoms with van der Waals surface area (Å²) in [4.78, 5) is 7.58. The highest BCUT2D eigenvalue weighted by Gasteiger charge is 1.99. The molecule has 0 amide bonds. The summed E-state index contributed by atoms with van der Waals surface area (Å²) in [5.74, 6) is 0. The molecule has 0 radical (unpaired) electrons. The highest BCUT2D eigenvalue weighted by Crippen LogP contribution is 2.59. The Morgan fingerprint density at radius 3 is 1.58 bits per heavy atom. The van der Waals surface area contributed by atoms with E-state index in [0.717, 1.165) is 10.9 Å². The van der Waals surface area contributed by atoms with Crippen molar-refractivity contribution < 1.29 is 5.11 Å². The smallest absolute Gasteiger partial charge is 0.147 e. The Kier molecular flexibility index (Phi) is 15.9. The number of pyridine rings is 2. The Hall–Kier alpha value is 1.77. The number of aliphatic hydroxyl groups is 1. The van der Waals surface area contributed by atoms with E-state index in [9.17, 15) is 0 Å². The second kappa shape index (κ2) is 14.8. The number of nitrogens with zero attached hydrogens (tertiary/aromatic N) is 2. The molecule has 0 unspecified atom stereocenters. The first kappa shape index (κ1) is 25.8. The monoisotopic (exact) mass is 684 g/mol. The minimum Gasteiger partial charge on any atom is -0.392 e. The summed E-state index contributed by atoms with van der Waals surface area (Å²) in [6.07, 6.45) is 3.16. The van der Waals surface area contributed by atoms with Gasteiger partial charge in [0.15, 0.2) is 0 Å². The van der Waals surface area contributed by atoms with Crippen LogP contribution in [-0.4, -0.2) is 15.1 Å². The van der Waals surface area contributed by atoms with Gasteiger partial charge in [-0.3, -0.25) is 0 Å². The minimum atomic E-state index is -0.183. The quantitative estimate of drug-likeness (QED) is 0.195. The largest absolute Gasteiger partial charge is 0.392 e. The number of rotatable bonds is 2. The molecule has 2 aromatic heterocycles. The first-order valence-corrected chi connectivity index (χ1v) is 15.8. The molecular weight excluding hydrogens is 681 g/mol. The van der Waals surface area contributed by atoms with Crippen molar-refractivity contribution in [1.29, 1.82) is 0 Å². The molecule has 0 aromatic carbocycles. The Morgan fingerprint density at radius 1 is 0.875 bits per heavy atom. The van der Waals surface area contributed by atoms with Gasteiger partial charge >= 0.3 is 0 Å². The molecular formula is C12H9Br4Cl4N2OP. The van der Waals surface area contributed by atoms with Crippen molar-refractivity contribution in [2.45, 2.75) is 11.9 Å². The second-order valence-electron chi connectivity index (χ2n) is 3.72. The number of aromatic nitrogens is 2. The summed E-state index contributed by atoms with van der Waals surface area (Å²) in [5.41, 5.74) is 1.68. The second-order valence-corrected chi connectivity index (χ2v) is 21.1. The van der Waals surface area contributed by atoms with Crippen molar-refractivity contribution in [2.24, 2.45) is 0 Å². The maximum absolute atomic E-state index is 8.61. The molecule has 0 aliphatic rings. The molecule has 3 nitrogen and oxygen atoms in total. The molecule has 2 rings (SSSR count). The number of alkyl halides is 1. The molecule has 12 heteroatoms. The van der Waals surface area contributed by atoms with Crippen LogP contribution in [0.5, 0.6) is 0 Å². The zero-order chi connectivity index (χ0) is 18.7. The van der Waals surface area contributed by atoms with Gasteiger partial charge in [0, 0.05) is 17.7 Å². The van der Waals surface area contributed by atoms with Crippen LogP contribution in [0.4, 0.5) is 0 Å². The van der Waals surface area contributed by atoms with E-state index in [0.29, 0.717) is 20.8 Å². The maximum Gasteiger partial charge on any atom is 0.147 e. The van der Waals surface area contributed by atoms with Gasteiger partial charge in [0.2, 0.25) is 0 Å². The Morgan fingerprint density at radius 2 is 1.25 bits per heavy atom. The number of hydrogen-bond donors (Lipinski definition) is 1. The van der Waals surface area contributed by atoms with E-state index in [2.05, 4.69) is 72.4 Å². The zero-order valence-electron chi connectivity index (χ0n) is 11.5. The van der Waals surface area contributed by atoms with E-state index in [1.807, 2.05) is 0 Å². The van der Waals surface area contributed by atoms with Gasteiger partial charge in [-0.15, -0.1) is 0 Å². The van der Waals surface area contributed by atoms with E-state index in [1.54, 1.807) is 18.3 Å². The van der Waals surface area contributed by atoms with Crippen molar-refractivity contribution >= 4 is 113 Å². The molecule has 0 bridgehead atoms. The van der Waals surface area contributed by atoms with Crippen LogP contribution in [0, 0.1) is 0 Å². The molecule has 0 atom stereocenters. The standard InChI is InChI=1S/C6H4BrCl2N.C6H5Cl2NO.Br3P/c7-2-4-1-5(8)6(9)10-3-4;7-5-1-4(3-10)2-9-6(5)8;1-4(2)3/h1,3H,2H2;1-2,10H,3H2;. The first-order valence-electron chi connectivity index (χ1n) is 5.75. The van der Waals surface area contributed by atoms with Gasteiger partial charge in [0.25, 0.3) is 0 Å². The highest BCUT2D eigenvalue weighted by atomic mass is 80.0. The van der Waals surface area contributed by atoms with Gasteiger partial charge in [-0.05, 0) is 69.7 Å². The number of halogens is 8. The first-order chi connectivity index (χ1) is 11.2. The topological polar surface area (TPSA) is 46.0 Å². The average molecular weight is 690 g/mol. The maximum atomic E-state index is 8.61. The van der Waals surface area contributed by atoms with Crippen LogP contribution in [-0.2, 0) is 11.9 Å². The van der Waals surface area contributed by atoms with Crippen LogP contribution in [0.2, 0.25) is 20.4 Å². The van der Waals surface area contributed by atoms with Gasteiger partial charge < -0.3 is 5.11 Å². The predicted octanol–water partition coefficient (Wildman–Crippen LogP) is 8.56. The van der Waals surface area contributed by atoms with Crippen LogP contribution in [0.1, 0.15) is 11.1 Å². The van der Waals surface area contributed by atoms with E-state index in [1.165, 1.54) is 6.20 Å². The molecule has 24 heavy (non-hydrogen) atoms. The lowest BCUT2D eigenvalue weighted by Crippen LogP contribution is -1.85. The van der Waals surface area contributed by atoms with Gasteiger partial charge in [0.05, 0.1) is 16.7 Å². The SMILES string of the molecule is BrP(Br)Br.Clc1cc(CBr)cnc1Cl.OCc1cnc(Cl)c(Cl)c1. The molecule has 134 valence electrons. The lowest BCUT2D eigenvalue weighted by atomic mass is 10.3. The van der Waals surface area contributed by atoms with Gasteiger partial charge in [-0.2, -0.15) is 0 Å². The number of aliphatic hydroxyl groups excluding tert-OH is 1. The fraction of sp³-hybridized carbons (Fsp3) is 0.167. The molecule has 0 saturated carbocycles. The number of hydrogen-bond acceptors (Lipinski definition) is 3. The predicted molar refractivity (Wildman–Crippen MR) is 121 cm³/mol. The van der Waals surface area contributed by atoms with Crippen LogP contribution >= 0.6 is 113 Å². The third kappa shape index (κ3) is 12.2. The normalized spacial score (nSPS) is 9.75. The lowest BCUT2D eigenvalue weighted by Gasteiger charge is -1.96. The van der Waals surface area contributed by atoms with Crippen LogP contribution in [0.25, 0.3) is 0 Å². The van der Waals surface area contributed by atoms with E-state index < -0.39 is 0 Å². The van der Waals surface area contributed by atoms with Crippen LogP contribution in [0.15, 0.2) is 24.5 Å². The Balaban J connectivity index is 0.000000363. The van der Waals surface area contributed by atoms with Crippen molar-refractivity contribution in [2.75, 3.05) is 0 Å². The van der Waals surface area contributed by atoms with E-state index in [4.69, 9.17) is 51.5 Å². The third-order valence-corrected chi connectivity index (χ3v) is 4.06. The Labute approximate surface area is 193 Å². The van der Waals surface area contributed by atoms with Gasteiger partial charge in [-0.25, -0.2) is 9.97 Å². The molecule has 2 heterocycles. The molecule has 0 fully saturated rings. The van der Waals surface area contributed by atoms with Crippen LogP contribution in [0.3, 0.4) is 0 Å². The summed E-state index contributed by atoms with van der Waals surface area (Å²) in [6.45, 7) is -0.0656. The summed E-state index contributed by atoms with van der Waals surface area (Å²) >= 11 is 35.1. The molecule has 2 aromatic rings. The van der Waals surface area contributed by atoms with Crippen molar-refractivity contribution in [3.8, 4) is 0 Å². The molecule has 1 N–H and O–H groups in total. The van der Waals surface area contributed by atoms with Gasteiger partial charge in [-0.1, -0.05) is 62.3 Å². The highest BCUT2D eigenvalue weighted by molar-refractivity contribution is 9.93. The van der Waals surface area contributed by atoms with Crippen LogP contribution < -0.4 is 0 Å². The van der Waals surface area contributed by atoms with Crippen molar-refractivity contribution in [1.82, 2.24) is 9.97 Å². The summed E-state index contributed by atoms with van der Waals surface area (Å²) < 4.78 is -0.183. The fourth-order valence-electron chi connectivity index (χ4n) is 1.08. The summed E-state index contributed by atoms with van der Waals surface area (Å²) in [5, 5.41) is 10.8. The molecule has 0 saturated heterocycles. The minimum absolute atomic E-state index is 0.0656. The lowest BCUT2D eigenvalue weighted by molar-refractivity contribution is 0.281. The van der Waals surface area contributed by atoms with E-state index in [-0.39, 0.29) is 15.8 Å². The van der Waals surface area contributed by atoms with Crippen molar-refractivity contribution in [3.63, 3.8) is 0 Å². The average Bonchev–Trinajstić information content (AvgIpc) is 2.53. The third-order valence-electron chi connectivity index (χ3n) is 2.04. The van der Waals surface area contributed by atoms with E-state index >= 15 is 0 Å². The Bertz CT molecular complexity index is 586. The zero-order valence-corrected chi connectivity index (χ0v) is 21.8. The molecule has 0 aliphatic carbocycles. The summed E-state index contributed by atoms with van der Waals surface area (Å²) in [7, 11) is 0.